The number of ether oxygens (including phenoxy) is 2. The van der Waals surface area contributed by atoms with Crippen molar-refractivity contribution in [1.82, 2.24) is 9.80 Å². The molecule has 1 aromatic rings. The number of morpholine rings is 1. The van der Waals surface area contributed by atoms with Crippen molar-refractivity contribution < 1.29 is 37.3 Å². The number of carbonyl (C=O) groups is 2. The molecule has 188 valence electrons. The SMILES string of the molecule is O=C(C1CC2(CCN(C3CCOC3)CC2)c2ccccc21)N1CCOCC1.O=C(O)C(F)(F)F. The van der Waals surface area contributed by atoms with Gasteiger partial charge in [0.1, 0.15) is 0 Å². The van der Waals surface area contributed by atoms with Crippen molar-refractivity contribution in [3.8, 4) is 0 Å². The van der Waals surface area contributed by atoms with E-state index in [1.807, 2.05) is 4.90 Å². The topological polar surface area (TPSA) is 79.3 Å². The molecule has 0 saturated carbocycles. The molecule has 0 aromatic heterocycles. The van der Waals surface area contributed by atoms with E-state index in [1.54, 1.807) is 0 Å². The minimum Gasteiger partial charge on any atom is -0.475 e. The molecule has 5 rings (SSSR count). The van der Waals surface area contributed by atoms with Gasteiger partial charge in [-0.1, -0.05) is 24.3 Å². The summed E-state index contributed by atoms with van der Waals surface area (Å²) in [7, 11) is 0. The first-order valence-corrected chi connectivity index (χ1v) is 11.8. The van der Waals surface area contributed by atoms with Gasteiger partial charge in [0.2, 0.25) is 5.91 Å². The van der Waals surface area contributed by atoms with Gasteiger partial charge in [-0.3, -0.25) is 9.69 Å². The van der Waals surface area contributed by atoms with Gasteiger partial charge in [-0.15, -0.1) is 0 Å². The molecule has 1 N–H and O–H groups in total. The highest BCUT2D eigenvalue weighted by molar-refractivity contribution is 5.86. The van der Waals surface area contributed by atoms with E-state index in [0.717, 1.165) is 58.7 Å². The Bertz CT molecular complexity index is 874. The zero-order valence-corrected chi connectivity index (χ0v) is 19.1. The van der Waals surface area contributed by atoms with Gasteiger partial charge in [-0.25, -0.2) is 4.79 Å². The molecule has 3 saturated heterocycles. The minimum absolute atomic E-state index is 0.0284. The van der Waals surface area contributed by atoms with E-state index in [2.05, 4.69) is 29.2 Å². The zero-order chi connectivity index (χ0) is 24.3. The molecule has 0 radical (unpaired) electrons. The van der Waals surface area contributed by atoms with Crippen LogP contribution >= 0.6 is 0 Å². The van der Waals surface area contributed by atoms with Crippen LogP contribution < -0.4 is 0 Å². The second-order valence-electron chi connectivity index (χ2n) is 9.42. The van der Waals surface area contributed by atoms with E-state index >= 15 is 0 Å². The monoisotopic (exact) mass is 484 g/mol. The third kappa shape index (κ3) is 5.23. The summed E-state index contributed by atoms with van der Waals surface area (Å²) in [5.74, 6) is -2.41. The average Bonchev–Trinajstić information content (AvgIpc) is 3.48. The van der Waals surface area contributed by atoms with Crippen LogP contribution in [0.25, 0.3) is 0 Å². The Morgan fingerprint density at radius 2 is 1.65 bits per heavy atom. The van der Waals surface area contributed by atoms with Gasteiger partial charge in [0.25, 0.3) is 0 Å². The Kier molecular flexibility index (Phi) is 7.49. The van der Waals surface area contributed by atoms with Gasteiger partial charge >= 0.3 is 12.1 Å². The second kappa shape index (κ2) is 10.2. The van der Waals surface area contributed by atoms with Crippen LogP contribution in [0.5, 0.6) is 0 Å². The summed E-state index contributed by atoms with van der Waals surface area (Å²) in [6.45, 7) is 6.86. The van der Waals surface area contributed by atoms with E-state index in [0.29, 0.717) is 25.2 Å². The Morgan fingerprint density at radius 1 is 1.00 bits per heavy atom. The summed E-state index contributed by atoms with van der Waals surface area (Å²) in [4.78, 5) is 26.8. The second-order valence-corrected chi connectivity index (χ2v) is 9.42. The van der Waals surface area contributed by atoms with Crippen LogP contribution in [-0.4, -0.2) is 91.6 Å². The molecule has 1 amide bonds. The average molecular weight is 485 g/mol. The molecule has 3 fully saturated rings. The molecular weight excluding hydrogens is 453 g/mol. The number of alkyl halides is 3. The third-order valence-electron chi connectivity index (χ3n) is 7.54. The Labute approximate surface area is 196 Å². The van der Waals surface area contributed by atoms with Gasteiger partial charge in [0.05, 0.1) is 25.7 Å². The van der Waals surface area contributed by atoms with Gasteiger partial charge in [-0.2, -0.15) is 13.2 Å². The largest absolute Gasteiger partial charge is 0.490 e. The number of halogens is 3. The summed E-state index contributed by atoms with van der Waals surface area (Å²) in [6.07, 6.45) is -0.611. The number of carbonyl (C=O) groups excluding carboxylic acids is 1. The fraction of sp³-hybridized carbons (Fsp3) is 0.667. The molecule has 2 atom stereocenters. The van der Waals surface area contributed by atoms with Gasteiger partial charge < -0.3 is 19.5 Å². The van der Waals surface area contributed by atoms with Crippen molar-refractivity contribution in [2.24, 2.45) is 0 Å². The van der Waals surface area contributed by atoms with Gasteiger partial charge in [-0.05, 0) is 55.3 Å². The zero-order valence-electron chi connectivity index (χ0n) is 19.1. The molecule has 7 nitrogen and oxygen atoms in total. The first kappa shape index (κ1) is 24.9. The molecule has 34 heavy (non-hydrogen) atoms. The van der Waals surface area contributed by atoms with E-state index in [9.17, 15) is 18.0 Å². The van der Waals surface area contributed by atoms with Crippen LogP contribution in [0, 0.1) is 0 Å². The number of carboxylic acid groups (broad SMARTS) is 1. The number of amides is 1. The highest BCUT2D eigenvalue weighted by atomic mass is 19.4. The van der Waals surface area contributed by atoms with Crippen LogP contribution in [0.1, 0.15) is 42.7 Å². The van der Waals surface area contributed by atoms with Crippen LogP contribution in [0.3, 0.4) is 0 Å². The number of fused-ring (bicyclic) bond motifs is 2. The number of rotatable bonds is 2. The molecular formula is C24H31F3N2O5. The molecule has 1 spiro atoms. The van der Waals surface area contributed by atoms with Crippen molar-refractivity contribution in [3.63, 3.8) is 0 Å². The van der Waals surface area contributed by atoms with Gasteiger partial charge in [0.15, 0.2) is 0 Å². The molecule has 0 bridgehead atoms. The maximum absolute atomic E-state index is 13.3. The minimum atomic E-state index is -5.08. The Morgan fingerprint density at radius 3 is 2.24 bits per heavy atom. The molecule has 3 heterocycles. The smallest absolute Gasteiger partial charge is 0.475 e. The lowest BCUT2D eigenvalue weighted by Crippen LogP contribution is -2.47. The lowest BCUT2D eigenvalue weighted by atomic mass is 9.73. The number of benzene rings is 1. The molecule has 1 aliphatic carbocycles. The standard InChI is InChI=1S/C22H30N2O3.C2HF3O2/c25-21(24-10-13-26-14-11-24)19-15-22(20-4-2-1-3-18(19)20)6-8-23(9-7-22)17-5-12-27-16-17;3-2(4,5)1(6)7/h1-4,17,19H,5-16H2;(H,6,7). The molecule has 2 unspecified atom stereocenters. The van der Waals surface area contributed by atoms with Crippen molar-refractivity contribution in [2.75, 3.05) is 52.6 Å². The number of hydrogen-bond donors (Lipinski definition) is 1. The molecule has 3 aliphatic heterocycles. The Hall–Kier alpha value is -2.17. The summed E-state index contributed by atoms with van der Waals surface area (Å²) in [5, 5.41) is 7.12. The Balaban J connectivity index is 0.000000344. The number of hydrogen-bond acceptors (Lipinski definition) is 5. The highest BCUT2D eigenvalue weighted by Gasteiger charge is 2.49. The van der Waals surface area contributed by atoms with Crippen LogP contribution in [-0.2, 0) is 24.5 Å². The lowest BCUT2D eigenvalue weighted by molar-refractivity contribution is -0.192. The van der Waals surface area contributed by atoms with E-state index < -0.39 is 12.1 Å². The van der Waals surface area contributed by atoms with E-state index in [4.69, 9.17) is 19.4 Å². The van der Waals surface area contributed by atoms with Crippen molar-refractivity contribution in [3.05, 3.63) is 35.4 Å². The number of aliphatic carboxylic acids is 1. The fourth-order valence-electron chi connectivity index (χ4n) is 5.72. The number of likely N-dealkylation sites (tertiary alicyclic amines) is 1. The summed E-state index contributed by atoms with van der Waals surface area (Å²) in [6, 6.07) is 9.34. The number of nitrogens with zero attached hydrogens (tertiary/aromatic N) is 2. The normalized spacial score (nSPS) is 26.6. The maximum atomic E-state index is 13.3. The maximum Gasteiger partial charge on any atom is 0.490 e. The van der Waals surface area contributed by atoms with E-state index in [-0.39, 0.29) is 11.3 Å². The highest BCUT2D eigenvalue weighted by Crippen LogP contribution is 2.52. The number of piperidine rings is 1. The quantitative estimate of drug-likeness (QED) is 0.696. The van der Waals surface area contributed by atoms with Crippen molar-refractivity contribution in [2.45, 2.75) is 49.2 Å². The summed E-state index contributed by atoms with van der Waals surface area (Å²) < 4.78 is 42.8. The first-order valence-electron chi connectivity index (χ1n) is 11.8. The summed E-state index contributed by atoms with van der Waals surface area (Å²) >= 11 is 0. The molecule has 10 heteroatoms. The molecule has 1 aromatic carbocycles. The predicted molar refractivity (Wildman–Crippen MR) is 117 cm³/mol. The number of carboxylic acids is 1. The molecule has 4 aliphatic rings. The van der Waals surface area contributed by atoms with E-state index in [1.165, 1.54) is 17.5 Å². The first-order chi connectivity index (χ1) is 16.2. The van der Waals surface area contributed by atoms with Crippen molar-refractivity contribution >= 4 is 11.9 Å². The lowest BCUT2D eigenvalue weighted by Gasteiger charge is -2.42. The fourth-order valence-corrected chi connectivity index (χ4v) is 5.72. The third-order valence-corrected chi connectivity index (χ3v) is 7.54. The van der Waals surface area contributed by atoms with Crippen molar-refractivity contribution in [1.29, 1.82) is 0 Å². The van der Waals surface area contributed by atoms with Gasteiger partial charge in [0, 0.05) is 25.7 Å². The van der Waals surface area contributed by atoms with Crippen LogP contribution in [0.15, 0.2) is 24.3 Å². The van der Waals surface area contributed by atoms with Crippen LogP contribution in [0.4, 0.5) is 13.2 Å². The summed E-state index contributed by atoms with van der Waals surface area (Å²) in [5.41, 5.74) is 2.91. The van der Waals surface area contributed by atoms with Crippen LogP contribution in [0.2, 0.25) is 0 Å². The predicted octanol–water partition coefficient (Wildman–Crippen LogP) is 2.79.